The Kier molecular flexibility index (Phi) is 5.24. The second kappa shape index (κ2) is 7.15. The van der Waals surface area contributed by atoms with E-state index in [-0.39, 0.29) is 5.91 Å². The Labute approximate surface area is 124 Å². The fraction of sp³-hybridized carbons (Fsp3) is 0.235. The molecule has 3 heteroatoms. The number of carbonyl (C=O) groups is 1. The van der Waals surface area contributed by atoms with Crippen molar-refractivity contribution in [2.75, 3.05) is 11.1 Å². The molecule has 0 fully saturated rings. The van der Waals surface area contributed by atoms with Crippen molar-refractivity contribution in [3.63, 3.8) is 0 Å². The Morgan fingerprint density at radius 2 is 1.70 bits per heavy atom. The summed E-state index contributed by atoms with van der Waals surface area (Å²) in [4.78, 5) is 13.2. The summed E-state index contributed by atoms with van der Waals surface area (Å²) < 4.78 is 0. The molecule has 0 aliphatic rings. The standard InChI is InChI=1S/C17H19NOS/c1-3-20-16-10-6-14(7-11-16)12-17(19)18-15-8-4-13(2)5-9-15/h4-11H,3,12H2,1-2H3,(H,18,19). The van der Waals surface area contributed by atoms with Gasteiger partial charge in [-0.15, -0.1) is 11.8 Å². The molecule has 0 spiro atoms. The lowest BCUT2D eigenvalue weighted by atomic mass is 10.1. The van der Waals surface area contributed by atoms with Gasteiger partial charge in [0, 0.05) is 10.6 Å². The minimum absolute atomic E-state index is 0.0183. The molecule has 2 rings (SSSR count). The number of thioether (sulfide) groups is 1. The molecular weight excluding hydrogens is 266 g/mol. The Morgan fingerprint density at radius 3 is 2.30 bits per heavy atom. The lowest BCUT2D eigenvalue weighted by molar-refractivity contribution is -0.115. The first kappa shape index (κ1) is 14.7. The molecule has 0 saturated carbocycles. The van der Waals surface area contributed by atoms with E-state index in [0.717, 1.165) is 17.0 Å². The first-order chi connectivity index (χ1) is 9.67. The van der Waals surface area contributed by atoms with Gasteiger partial charge in [-0.3, -0.25) is 4.79 Å². The summed E-state index contributed by atoms with van der Waals surface area (Å²) in [6, 6.07) is 16.0. The van der Waals surface area contributed by atoms with Gasteiger partial charge in [-0.05, 0) is 42.5 Å². The van der Waals surface area contributed by atoms with Crippen LogP contribution in [0.4, 0.5) is 5.69 Å². The van der Waals surface area contributed by atoms with Crippen LogP contribution in [0.1, 0.15) is 18.1 Å². The number of amides is 1. The highest BCUT2D eigenvalue weighted by atomic mass is 32.2. The number of anilines is 1. The summed E-state index contributed by atoms with van der Waals surface area (Å²) in [5, 5.41) is 2.91. The highest BCUT2D eigenvalue weighted by Crippen LogP contribution is 2.18. The largest absolute Gasteiger partial charge is 0.326 e. The molecule has 0 aromatic heterocycles. The van der Waals surface area contributed by atoms with Crippen LogP contribution < -0.4 is 5.32 Å². The zero-order chi connectivity index (χ0) is 14.4. The second-order valence-electron chi connectivity index (χ2n) is 4.67. The molecule has 2 nitrogen and oxygen atoms in total. The smallest absolute Gasteiger partial charge is 0.228 e. The summed E-state index contributed by atoms with van der Waals surface area (Å²) >= 11 is 1.81. The Hall–Kier alpha value is -1.74. The predicted octanol–water partition coefficient (Wildman–Crippen LogP) is 4.29. The maximum absolute atomic E-state index is 12.0. The quantitative estimate of drug-likeness (QED) is 0.830. The van der Waals surface area contributed by atoms with Crippen LogP contribution in [0.15, 0.2) is 53.4 Å². The van der Waals surface area contributed by atoms with E-state index in [9.17, 15) is 4.79 Å². The van der Waals surface area contributed by atoms with Crippen molar-refractivity contribution in [3.8, 4) is 0 Å². The predicted molar refractivity (Wildman–Crippen MR) is 86.4 cm³/mol. The van der Waals surface area contributed by atoms with Crippen molar-refractivity contribution in [2.24, 2.45) is 0 Å². The third-order valence-electron chi connectivity index (χ3n) is 2.93. The maximum atomic E-state index is 12.0. The van der Waals surface area contributed by atoms with Crippen LogP contribution in [0.3, 0.4) is 0 Å². The van der Waals surface area contributed by atoms with Gasteiger partial charge in [-0.25, -0.2) is 0 Å². The van der Waals surface area contributed by atoms with E-state index < -0.39 is 0 Å². The lowest BCUT2D eigenvalue weighted by Crippen LogP contribution is -2.14. The van der Waals surface area contributed by atoms with Gasteiger partial charge in [0.25, 0.3) is 0 Å². The summed E-state index contributed by atoms with van der Waals surface area (Å²) in [7, 11) is 0. The van der Waals surface area contributed by atoms with Crippen LogP contribution in [0.5, 0.6) is 0 Å². The minimum Gasteiger partial charge on any atom is -0.326 e. The van der Waals surface area contributed by atoms with Gasteiger partial charge < -0.3 is 5.32 Å². The van der Waals surface area contributed by atoms with Gasteiger partial charge in [0.1, 0.15) is 0 Å². The number of rotatable bonds is 5. The molecule has 0 bridgehead atoms. The monoisotopic (exact) mass is 285 g/mol. The number of carbonyl (C=O) groups excluding carboxylic acids is 1. The first-order valence-electron chi connectivity index (χ1n) is 6.75. The molecule has 1 amide bonds. The van der Waals surface area contributed by atoms with E-state index in [1.165, 1.54) is 10.5 Å². The van der Waals surface area contributed by atoms with Gasteiger partial charge in [-0.1, -0.05) is 36.8 Å². The topological polar surface area (TPSA) is 29.1 Å². The molecule has 20 heavy (non-hydrogen) atoms. The number of benzene rings is 2. The van der Waals surface area contributed by atoms with Gasteiger partial charge in [-0.2, -0.15) is 0 Å². The Balaban J connectivity index is 1.92. The SMILES string of the molecule is CCSc1ccc(CC(=O)Nc2ccc(C)cc2)cc1. The molecule has 2 aromatic carbocycles. The van der Waals surface area contributed by atoms with Crippen molar-refractivity contribution >= 4 is 23.4 Å². The van der Waals surface area contributed by atoms with Crippen molar-refractivity contribution in [1.82, 2.24) is 0 Å². The van der Waals surface area contributed by atoms with E-state index in [1.54, 1.807) is 11.8 Å². The van der Waals surface area contributed by atoms with Crippen LogP contribution in [0, 0.1) is 6.92 Å². The summed E-state index contributed by atoms with van der Waals surface area (Å²) in [5.41, 5.74) is 3.07. The van der Waals surface area contributed by atoms with Gasteiger partial charge in [0.15, 0.2) is 0 Å². The van der Waals surface area contributed by atoms with E-state index in [0.29, 0.717) is 6.42 Å². The lowest BCUT2D eigenvalue weighted by Gasteiger charge is -2.06. The van der Waals surface area contributed by atoms with E-state index >= 15 is 0 Å². The molecule has 0 aliphatic heterocycles. The van der Waals surface area contributed by atoms with Gasteiger partial charge in [0.2, 0.25) is 5.91 Å². The second-order valence-corrected chi connectivity index (χ2v) is 6.01. The molecule has 0 radical (unpaired) electrons. The van der Waals surface area contributed by atoms with Crippen LogP contribution in [0.2, 0.25) is 0 Å². The number of hydrogen-bond donors (Lipinski definition) is 1. The van der Waals surface area contributed by atoms with Crippen LogP contribution in [-0.2, 0) is 11.2 Å². The highest BCUT2D eigenvalue weighted by molar-refractivity contribution is 7.99. The summed E-state index contributed by atoms with van der Waals surface area (Å²) in [6.45, 7) is 4.16. The number of hydrogen-bond acceptors (Lipinski definition) is 2. The van der Waals surface area contributed by atoms with Crippen LogP contribution >= 0.6 is 11.8 Å². The van der Waals surface area contributed by atoms with Crippen molar-refractivity contribution in [2.45, 2.75) is 25.2 Å². The van der Waals surface area contributed by atoms with Crippen LogP contribution in [-0.4, -0.2) is 11.7 Å². The highest BCUT2D eigenvalue weighted by Gasteiger charge is 2.04. The fourth-order valence-corrected chi connectivity index (χ4v) is 2.56. The van der Waals surface area contributed by atoms with Crippen LogP contribution in [0.25, 0.3) is 0 Å². The average Bonchev–Trinajstić information content (AvgIpc) is 2.44. The number of nitrogens with one attached hydrogen (secondary N) is 1. The Bertz CT molecular complexity index is 561. The molecule has 0 saturated heterocycles. The summed E-state index contributed by atoms with van der Waals surface area (Å²) in [6.07, 6.45) is 0.408. The molecule has 0 atom stereocenters. The Morgan fingerprint density at radius 1 is 1.05 bits per heavy atom. The normalized spacial score (nSPS) is 10.3. The summed E-state index contributed by atoms with van der Waals surface area (Å²) in [5.74, 6) is 1.08. The van der Waals surface area contributed by atoms with Gasteiger partial charge >= 0.3 is 0 Å². The molecule has 0 unspecified atom stereocenters. The van der Waals surface area contributed by atoms with Crippen molar-refractivity contribution in [1.29, 1.82) is 0 Å². The van der Waals surface area contributed by atoms with Crippen molar-refractivity contribution in [3.05, 3.63) is 59.7 Å². The average molecular weight is 285 g/mol. The zero-order valence-corrected chi connectivity index (χ0v) is 12.7. The maximum Gasteiger partial charge on any atom is 0.228 e. The fourth-order valence-electron chi connectivity index (χ4n) is 1.90. The molecule has 0 heterocycles. The first-order valence-corrected chi connectivity index (χ1v) is 7.74. The molecule has 0 aliphatic carbocycles. The molecule has 2 aromatic rings. The van der Waals surface area contributed by atoms with Gasteiger partial charge in [0.05, 0.1) is 6.42 Å². The molecule has 1 N–H and O–H groups in total. The van der Waals surface area contributed by atoms with E-state index in [1.807, 2.05) is 43.3 Å². The third kappa shape index (κ3) is 4.42. The zero-order valence-electron chi connectivity index (χ0n) is 11.8. The van der Waals surface area contributed by atoms with E-state index in [2.05, 4.69) is 24.4 Å². The van der Waals surface area contributed by atoms with E-state index in [4.69, 9.17) is 0 Å². The molecular formula is C17H19NOS. The molecule has 104 valence electrons. The van der Waals surface area contributed by atoms with Crippen molar-refractivity contribution < 1.29 is 4.79 Å². The minimum atomic E-state index is 0.0183. The number of aryl methyl sites for hydroxylation is 1. The third-order valence-corrected chi connectivity index (χ3v) is 3.83.